The van der Waals surface area contributed by atoms with E-state index in [1.807, 2.05) is 16.8 Å². The third-order valence-corrected chi connectivity index (χ3v) is 8.83. The molecule has 3 fully saturated rings. The molecule has 8 nitrogen and oxygen atoms in total. The number of nitrogens with zero attached hydrogens (tertiary/aromatic N) is 4. The van der Waals surface area contributed by atoms with E-state index >= 15 is 0 Å². The number of hydrogen-bond donors (Lipinski definition) is 2. The Bertz CT molecular complexity index is 1300. The largest absolute Gasteiger partial charge is 0.391 e. The average molecular weight is 504 g/mol. The van der Waals surface area contributed by atoms with Crippen LogP contribution in [0.1, 0.15) is 52.0 Å². The molecule has 3 heterocycles. The van der Waals surface area contributed by atoms with Gasteiger partial charge in [0.25, 0.3) is 5.56 Å². The van der Waals surface area contributed by atoms with E-state index in [-0.39, 0.29) is 17.7 Å². The molecule has 37 heavy (non-hydrogen) atoms. The Morgan fingerprint density at radius 3 is 2.57 bits per heavy atom. The van der Waals surface area contributed by atoms with Crippen molar-refractivity contribution in [1.29, 1.82) is 0 Å². The molecule has 5 atom stereocenters. The molecular weight excluding hydrogens is 466 g/mol. The van der Waals surface area contributed by atoms with E-state index in [0.717, 1.165) is 55.0 Å². The van der Waals surface area contributed by atoms with E-state index in [1.165, 1.54) is 18.5 Å². The highest BCUT2D eigenvalue weighted by Crippen LogP contribution is 2.54. The third kappa shape index (κ3) is 4.84. The highest BCUT2D eigenvalue weighted by atomic mass is 16.5. The fraction of sp³-hybridized carbons (Fsp3) is 0.552. The molecule has 3 aromatic rings. The van der Waals surface area contributed by atoms with Crippen LogP contribution in [0, 0.1) is 17.8 Å². The number of pyridine rings is 1. The molecule has 1 aliphatic heterocycles. The van der Waals surface area contributed by atoms with Crippen LogP contribution in [-0.4, -0.2) is 51.5 Å². The number of benzene rings is 1. The smallest absolute Gasteiger partial charge is 0.252 e. The fourth-order valence-corrected chi connectivity index (χ4v) is 6.80. The molecular formula is C29H37N5O3. The zero-order chi connectivity index (χ0) is 25.5. The van der Waals surface area contributed by atoms with Crippen molar-refractivity contribution in [1.82, 2.24) is 14.5 Å². The number of nitrogens with one attached hydrogen (secondary N) is 1. The molecule has 1 saturated heterocycles. The lowest BCUT2D eigenvalue weighted by Crippen LogP contribution is -2.37. The van der Waals surface area contributed by atoms with Crippen LogP contribution in [-0.2, 0) is 4.74 Å². The summed E-state index contributed by atoms with van der Waals surface area (Å²) in [6.45, 7) is 6.37. The second-order valence-electron chi connectivity index (χ2n) is 11.2. The number of aromatic nitrogens is 3. The zero-order valence-electron chi connectivity index (χ0n) is 21.7. The minimum Gasteiger partial charge on any atom is -0.391 e. The van der Waals surface area contributed by atoms with Crippen LogP contribution in [0.25, 0.3) is 11.0 Å². The van der Waals surface area contributed by atoms with Gasteiger partial charge in [-0.05, 0) is 87.1 Å². The lowest BCUT2D eigenvalue weighted by Gasteiger charge is -2.33. The van der Waals surface area contributed by atoms with E-state index in [2.05, 4.69) is 46.4 Å². The van der Waals surface area contributed by atoms with Crippen molar-refractivity contribution in [2.24, 2.45) is 17.8 Å². The summed E-state index contributed by atoms with van der Waals surface area (Å²) in [6, 6.07) is 12.1. The van der Waals surface area contributed by atoms with Crippen LogP contribution in [0.4, 0.5) is 17.3 Å². The van der Waals surface area contributed by atoms with Gasteiger partial charge < -0.3 is 20.1 Å². The standard InChI is InChI=1S/C29H37N5O3/c1-18(35)17-37-24-11-13-33(14-12-24)23-7-5-22(6-8-23)31-29-30-16-21-4-10-27(36)34(28(21)32-29)26-15-20-3-9-25(26)19(20)2/h4-8,10,16,18-20,24-26,35H,3,9,11-15,17H2,1-2H3,(H,30,31,32). The van der Waals surface area contributed by atoms with Gasteiger partial charge in [-0.2, -0.15) is 4.98 Å². The van der Waals surface area contributed by atoms with Crippen LogP contribution in [0.2, 0.25) is 0 Å². The predicted octanol–water partition coefficient (Wildman–Crippen LogP) is 4.51. The van der Waals surface area contributed by atoms with Gasteiger partial charge in [0.05, 0.1) is 18.8 Å². The summed E-state index contributed by atoms with van der Waals surface area (Å²) >= 11 is 0. The lowest BCUT2D eigenvalue weighted by molar-refractivity contribution is -0.0124. The topological polar surface area (TPSA) is 92.5 Å². The maximum Gasteiger partial charge on any atom is 0.252 e. The van der Waals surface area contributed by atoms with Crippen LogP contribution in [0.15, 0.2) is 47.4 Å². The van der Waals surface area contributed by atoms with Crippen molar-refractivity contribution >= 4 is 28.4 Å². The van der Waals surface area contributed by atoms with Crippen LogP contribution in [0.5, 0.6) is 0 Å². The number of piperidine rings is 1. The van der Waals surface area contributed by atoms with E-state index in [0.29, 0.717) is 24.4 Å². The van der Waals surface area contributed by atoms with Gasteiger partial charge in [-0.1, -0.05) is 6.92 Å². The molecule has 2 saturated carbocycles. The molecule has 1 aromatic carbocycles. The second kappa shape index (κ2) is 10.1. The summed E-state index contributed by atoms with van der Waals surface area (Å²) < 4.78 is 7.74. The van der Waals surface area contributed by atoms with Gasteiger partial charge in [0.15, 0.2) is 0 Å². The van der Waals surface area contributed by atoms with Gasteiger partial charge in [0.2, 0.25) is 5.95 Å². The molecule has 3 aliphatic rings. The number of aliphatic hydroxyl groups is 1. The van der Waals surface area contributed by atoms with Crippen LogP contribution in [0.3, 0.4) is 0 Å². The van der Waals surface area contributed by atoms with Crippen molar-refractivity contribution in [2.75, 3.05) is 29.9 Å². The summed E-state index contributed by atoms with van der Waals surface area (Å²) in [4.78, 5) is 24.7. The lowest BCUT2D eigenvalue weighted by atomic mass is 9.94. The van der Waals surface area contributed by atoms with Crippen molar-refractivity contribution in [3.8, 4) is 0 Å². The molecule has 5 unspecified atom stereocenters. The fourth-order valence-electron chi connectivity index (χ4n) is 6.80. The van der Waals surface area contributed by atoms with Crippen LogP contribution >= 0.6 is 0 Å². The minimum atomic E-state index is -0.418. The molecule has 2 bridgehead atoms. The maximum atomic E-state index is 13.0. The summed E-state index contributed by atoms with van der Waals surface area (Å²) in [5.74, 6) is 2.46. The summed E-state index contributed by atoms with van der Waals surface area (Å²) in [5, 5.41) is 13.7. The first-order valence-corrected chi connectivity index (χ1v) is 13.8. The third-order valence-electron chi connectivity index (χ3n) is 8.83. The van der Waals surface area contributed by atoms with Crippen LogP contribution < -0.4 is 15.8 Å². The Labute approximate surface area is 217 Å². The SMILES string of the molecule is CC(O)COC1CCN(c2ccc(Nc3ncc4ccc(=O)n(C5CC6CCC5C6C)c4n3)cc2)CC1. The molecule has 2 N–H and O–H groups in total. The van der Waals surface area contributed by atoms with Gasteiger partial charge in [-0.15, -0.1) is 0 Å². The number of aliphatic hydroxyl groups excluding tert-OH is 1. The van der Waals surface area contributed by atoms with Crippen molar-refractivity contribution in [3.05, 3.63) is 52.9 Å². The molecule has 196 valence electrons. The van der Waals surface area contributed by atoms with E-state index in [4.69, 9.17) is 9.72 Å². The van der Waals surface area contributed by atoms with Gasteiger partial charge in [0, 0.05) is 48.2 Å². The summed E-state index contributed by atoms with van der Waals surface area (Å²) in [5.41, 5.74) is 2.85. The summed E-state index contributed by atoms with van der Waals surface area (Å²) in [6.07, 6.45) is 7.10. The Balaban J connectivity index is 1.16. The number of fused-ring (bicyclic) bond motifs is 3. The van der Waals surface area contributed by atoms with Crippen molar-refractivity contribution < 1.29 is 9.84 Å². The minimum absolute atomic E-state index is 0.0336. The number of hydrogen-bond acceptors (Lipinski definition) is 7. The number of rotatable bonds is 7. The second-order valence-corrected chi connectivity index (χ2v) is 11.2. The molecule has 0 spiro atoms. The molecule has 0 amide bonds. The maximum absolute atomic E-state index is 13.0. The van der Waals surface area contributed by atoms with E-state index in [9.17, 15) is 9.90 Å². The monoisotopic (exact) mass is 503 g/mol. The van der Waals surface area contributed by atoms with E-state index < -0.39 is 6.10 Å². The number of ether oxygens (including phenoxy) is 1. The Kier molecular flexibility index (Phi) is 6.63. The Hall–Kier alpha value is -2.97. The van der Waals surface area contributed by atoms with Gasteiger partial charge in [-0.3, -0.25) is 9.36 Å². The summed E-state index contributed by atoms with van der Waals surface area (Å²) in [7, 11) is 0. The van der Waals surface area contributed by atoms with E-state index in [1.54, 1.807) is 13.0 Å². The Morgan fingerprint density at radius 1 is 1.11 bits per heavy atom. The first kappa shape index (κ1) is 24.4. The molecule has 2 aliphatic carbocycles. The highest BCUT2D eigenvalue weighted by Gasteiger charge is 2.46. The predicted molar refractivity (Wildman–Crippen MR) is 145 cm³/mol. The quantitative estimate of drug-likeness (QED) is 0.490. The highest BCUT2D eigenvalue weighted by molar-refractivity contribution is 5.76. The van der Waals surface area contributed by atoms with Crippen molar-refractivity contribution in [2.45, 2.75) is 64.2 Å². The average Bonchev–Trinajstić information content (AvgIpc) is 3.42. The molecule has 8 heteroatoms. The normalized spacial score (nSPS) is 26.6. The molecule has 6 rings (SSSR count). The number of anilines is 3. The molecule has 0 radical (unpaired) electrons. The Morgan fingerprint density at radius 2 is 1.89 bits per heavy atom. The van der Waals surface area contributed by atoms with Gasteiger partial charge in [0.1, 0.15) is 5.65 Å². The van der Waals surface area contributed by atoms with Gasteiger partial charge in [-0.25, -0.2) is 4.98 Å². The first-order chi connectivity index (χ1) is 18.0. The van der Waals surface area contributed by atoms with Crippen molar-refractivity contribution in [3.63, 3.8) is 0 Å². The zero-order valence-corrected chi connectivity index (χ0v) is 21.7. The van der Waals surface area contributed by atoms with Gasteiger partial charge >= 0.3 is 0 Å². The first-order valence-electron chi connectivity index (χ1n) is 13.8. The molecule has 2 aromatic heterocycles.